The average Bonchev–Trinajstić information content (AvgIpc) is 2.94. The van der Waals surface area contributed by atoms with E-state index in [1.165, 1.54) is 0 Å². The lowest BCUT2D eigenvalue weighted by molar-refractivity contribution is -0.129. The van der Waals surface area contributed by atoms with Crippen LogP contribution < -0.4 is 5.32 Å². The van der Waals surface area contributed by atoms with Gasteiger partial charge in [0.05, 0.1) is 6.54 Å². The fourth-order valence-corrected chi connectivity index (χ4v) is 2.57. The molecule has 0 saturated carbocycles. The normalized spacial score (nSPS) is 17.8. The van der Waals surface area contributed by atoms with Crippen LogP contribution in [0.3, 0.4) is 0 Å². The van der Waals surface area contributed by atoms with E-state index < -0.39 is 0 Å². The second-order valence-electron chi connectivity index (χ2n) is 5.20. The number of nitrogens with one attached hydrogen (secondary N) is 1. The van der Waals surface area contributed by atoms with Crippen molar-refractivity contribution in [2.45, 2.75) is 12.8 Å². The largest absolute Gasteiger partial charge is 0.396 e. The number of amides is 2. The highest BCUT2D eigenvalue weighted by atomic mass is 35.5. The van der Waals surface area contributed by atoms with Crippen LogP contribution in [0.15, 0.2) is 24.3 Å². The van der Waals surface area contributed by atoms with Crippen molar-refractivity contribution in [2.24, 2.45) is 5.92 Å². The van der Waals surface area contributed by atoms with Gasteiger partial charge in [-0.05, 0) is 43.0 Å². The number of nitrogens with zero attached hydrogens (tertiary/aromatic N) is 1. The maximum absolute atomic E-state index is 12.0. The van der Waals surface area contributed by atoms with Crippen LogP contribution >= 0.6 is 11.6 Å². The number of rotatable bonds is 5. The number of halogens is 1. The third-order valence-corrected chi connectivity index (χ3v) is 3.93. The zero-order valence-corrected chi connectivity index (χ0v) is 12.5. The summed E-state index contributed by atoms with van der Waals surface area (Å²) >= 11 is 5.76. The fourth-order valence-electron chi connectivity index (χ4n) is 2.45. The Kier molecular flexibility index (Phi) is 5.59. The SMILES string of the molecule is O=C(NCC(=O)N1CCC(CCO)C1)c1ccc(Cl)cc1. The third-order valence-electron chi connectivity index (χ3n) is 3.68. The van der Waals surface area contributed by atoms with Crippen molar-refractivity contribution >= 4 is 23.4 Å². The summed E-state index contributed by atoms with van der Waals surface area (Å²) < 4.78 is 0. The number of aliphatic hydroxyl groups is 1. The van der Waals surface area contributed by atoms with Crippen molar-refractivity contribution in [3.05, 3.63) is 34.9 Å². The van der Waals surface area contributed by atoms with E-state index in [4.69, 9.17) is 16.7 Å². The highest BCUT2D eigenvalue weighted by Gasteiger charge is 2.25. The van der Waals surface area contributed by atoms with Crippen molar-refractivity contribution in [3.63, 3.8) is 0 Å². The Bertz CT molecular complexity index is 504. The topological polar surface area (TPSA) is 69.6 Å². The molecule has 1 atom stereocenters. The summed E-state index contributed by atoms with van der Waals surface area (Å²) in [6.45, 7) is 1.50. The molecule has 1 unspecified atom stereocenters. The van der Waals surface area contributed by atoms with Crippen LogP contribution in [0, 0.1) is 5.92 Å². The summed E-state index contributed by atoms with van der Waals surface area (Å²) in [5, 5.41) is 12.1. The highest BCUT2D eigenvalue weighted by molar-refractivity contribution is 6.30. The number of carbonyl (C=O) groups excluding carboxylic acids is 2. The van der Waals surface area contributed by atoms with Crippen molar-refractivity contribution in [1.82, 2.24) is 10.2 Å². The monoisotopic (exact) mass is 310 g/mol. The molecular formula is C15H19ClN2O3. The van der Waals surface area contributed by atoms with Gasteiger partial charge in [0.1, 0.15) is 0 Å². The van der Waals surface area contributed by atoms with Crippen molar-refractivity contribution < 1.29 is 14.7 Å². The molecule has 0 spiro atoms. The van der Waals surface area contributed by atoms with Crippen LogP contribution in [-0.2, 0) is 4.79 Å². The molecule has 1 fully saturated rings. The van der Waals surface area contributed by atoms with Crippen LogP contribution in [0.2, 0.25) is 5.02 Å². The van der Waals surface area contributed by atoms with Gasteiger partial charge in [-0.3, -0.25) is 9.59 Å². The zero-order chi connectivity index (χ0) is 15.2. The van der Waals surface area contributed by atoms with Crippen LogP contribution in [-0.4, -0.2) is 48.1 Å². The predicted molar refractivity (Wildman–Crippen MR) is 80.2 cm³/mol. The molecule has 1 saturated heterocycles. The zero-order valence-electron chi connectivity index (χ0n) is 11.7. The van der Waals surface area contributed by atoms with Gasteiger partial charge in [0.15, 0.2) is 0 Å². The highest BCUT2D eigenvalue weighted by Crippen LogP contribution is 2.18. The molecule has 6 heteroatoms. The van der Waals surface area contributed by atoms with Gasteiger partial charge < -0.3 is 15.3 Å². The quantitative estimate of drug-likeness (QED) is 0.861. The van der Waals surface area contributed by atoms with Gasteiger partial charge in [-0.1, -0.05) is 11.6 Å². The third kappa shape index (κ3) is 4.44. The summed E-state index contributed by atoms with van der Waals surface area (Å²) in [5.41, 5.74) is 0.478. The molecule has 114 valence electrons. The standard InChI is InChI=1S/C15H19ClN2O3/c16-13-3-1-12(2-4-13)15(21)17-9-14(20)18-7-5-11(10-18)6-8-19/h1-4,11,19H,5-10H2,(H,17,21). The number of hydrogen-bond acceptors (Lipinski definition) is 3. The number of benzene rings is 1. The van der Waals surface area contributed by atoms with Gasteiger partial charge in [0, 0.05) is 30.3 Å². The van der Waals surface area contributed by atoms with Crippen molar-refractivity contribution in [1.29, 1.82) is 0 Å². The molecule has 21 heavy (non-hydrogen) atoms. The lowest BCUT2D eigenvalue weighted by Gasteiger charge is -2.16. The number of aliphatic hydroxyl groups excluding tert-OH is 1. The molecule has 2 amide bonds. The molecule has 1 heterocycles. The van der Waals surface area contributed by atoms with Crippen molar-refractivity contribution in [2.75, 3.05) is 26.2 Å². The van der Waals surface area contributed by atoms with E-state index in [-0.39, 0.29) is 25.0 Å². The lowest BCUT2D eigenvalue weighted by Crippen LogP contribution is -2.39. The van der Waals surface area contributed by atoms with Gasteiger partial charge in [-0.25, -0.2) is 0 Å². The second-order valence-corrected chi connectivity index (χ2v) is 5.63. The van der Waals surface area contributed by atoms with E-state index in [0.29, 0.717) is 29.6 Å². The minimum Gasteiger partial charge on any atom is -0.396 e. The Morgan fingerprint density at radius 2 is 2.05 bits per heavy atom. The minimum absolute atomic E-state index is 0.00664. The maximum Gasteiger partial charge on any atom is 0.251 e. The van der Waals surface area contributed by atoms with E-state index in [1.54, 1.807) is 29.2 Å². The fraction of sp³-hybridized carbons (Fsp3) is 0.467. The maximum atomic E-state index is 12.0. The van der Waals surface area contributed by atoms with Gasteiger partial charge in [-0.15, -0.1) is 0 Å². The number of likely N-dealkylation sites (tertiary alicyclic amines) is 1. The first kappa shape index (κ1) is 15.8. The van der Waals surface area contributed by atoms with Crippen LogP contribution in [0.25, 0.3) is 0 Å². The summed E-state index contributed by atoms with van der Waals surface area (Å²) in [6, 6.07) is 6.51. The van der Waals surface area contributed by atoms with Crippen molar-refractivity contribution in [3.8, 4) is 0 Å². The molecule has 1 aliphatic heterocycles. The summed E-state index contributed by atoms with van der Waals surface area (Å²) in [7, 11) is 0. The van der Waals surface area contributed by atoms with Gasteiger partial charge >= 0.3 is 0 Å². The molecule has 1 aromatic carbocycles. The molecule has 5 nitrogen and oxygen atoms in total. The number of hydrogen-bond donors (Lipinski definition) is 2. The van der Waals surface area contributed by atoms with Gasteiger partial charge in [0.2, 0.25) is 5.91 Å². The predicted octanol–water partition coefficient (Wildman–Crippen LogP) is 1.30. The summed E-state index contributed by atoms with van der Waals surface area (Å²) in [6.07, 6.45) is 1.64. The van der Waals surface area contributed by atoms with Gasteiger partial charge in [-0.2, -0.15) is 0 Å². The molecule has 0 aromatic heterocycles. The summed E-state index contributed by atoms with van der Waals surface area (Å²) in [4.78, 5) is 25.6. The Labute approximate surface area is 128 Å². The molecular weight excluding hydrogens is 292 g/mol. The molecule has 2 rings (SSSR count). The first-order valence-corrected chi connectivity index (χ1v) is 7.40. The number of carbonyl (C=O) groups is 2. The van der Waals surface area contributed by atoms with E-state index in [9.17, 15) is 9.59 Å². The van der Waals surface area contributed by atoms with E-state index in [1.807, 2.05) is 0 Å². The average molecular weight is 311 g/mol. The van der Waals surface area contributed by atoms with E-state index >= 15 is 0 Å². The van der Waals surface area contributed by atoms with Crippen LogP contribution in [0.1, 0.15) is 23.2 Å². The van der Waals surface area contributed by atoms with E-state index in [2.05, 4.69) is 5.32 Å². The first-order chi connectivity index (χ1) is 10.1. The van der Waals surface area contributed by atoms with E-state index in [0.717, 1.165) is 12.8 Å². The molecule has 1 aromatic rings. The Morgan fingerprint density at radius 1 is 1.33 bits per heavy atom. The summed E-state index contributed by atoms with van der Waals surface area (Å²) in [5.74, 6) is -0.00482. The minimum atomic E-state index is -0.286. The Hall–Kier alpha value is -1.59. The Morgan fingerprint density at radius 3 is 2.71 bits per heavy atom. The molecule has 0 aliphatic carbocycles. The lowest BCUT2D eigenvalue weighted by atomic mass is 10.1. The Balaban J connectivity index is 1.79. The first-order valence-electron chi connectivity index (χ1n) is 7.02. The molecule has 0 radical (unpaired) electrons. The van der Waals surface area contributed by atoms with Crippen LogP contribution in [0.4, 0.5) is 0 Å². The van der Waals surface area contributed by atoms with Gasteiger partial charge in [0.25, 0.3) is 5.91 Å². The molecule has 1 aliphatic rings. The smallest absolute Gasteiger partial charge is 0.251 e. The second kappa shape index (κ2) is 7.43. The molecule has 2 N–H and O–H groups in total. The van der Waals surface area contributed by atoms with Crippen LogP contribution in [0.5, 0.6) is 0 Å². The molecule has 0 bridgehead atoms.